The van der Waals surface area contributed by atoms with E-state index in [0.717, 1.165) is 0 Å². The SMILES string of the molecule is CC1COCC1(C)F. The Morgan fingerprint density at radius 3 is 2.50 bits per heavy atom. The largest absolute Gasteiger partial charge is 0.378 e. The highest BCUT2D eigenvalue weighted by Crippen LogP contribution is 2.27. The first kappa shape index (κ1) is 6.02. The van der Waals surface area contributed by atoms with Crippen LogP contribution in [0.15, 0.2) is 0 Å². The van der Waals surface area contributed by atoms with Gasteiger partial charge in [0.15, 0.2) is 0 Å². The fourth-order valence-corrected chi connectivity index (χ4v) is 0.751. The fraction of sp³-hybridized carbons (Fsp3) is 1.00. The van der Waals surface area contributed by atoms with Crippen LogP contribution in [0.1, 0.15) is 13.8 Å². The molecule has 2 atom stereocenters. The molecule has 1 saturated heterocycles. The maximum atomic E-state index is 12.9. The lowest BCUT2D eigenvalue weighted by Crippen LogP contribution is -2.25. The third-order valence-corrected chi connectivity index (χ3v) is 1.78. The molecule has 1 aliphatic rings. The third kappa shape index (κ3) is 0.848. The minimum absolute atomic E-state index is 0.0718. The van der Waals surface area contributed by atoms with E-state index in [2.05, 4.69) is 0 Å². The molecule has 1 aliphatic heterocycles. The molecule has 1 fully saturated rings. The van der Waals surface area contributed by atoms with Crippen molar-refractivity contribution in [2.45, 2.75) is 19.5 Å². The van der Waals surface area contributed by atoms with Gasteiger partial charge in [-0.25, -0.2) is 4.39 Å². The van der Waals surface area contributed by atoms with Crippen LogP contribution in [0, 0.1) is 5.92 Å². The molecule has 1 nitrogen and oxygen atoms in total. The Balaban J connectivity index is 2.54. The van der Waals surface area contributed by atoms with Crippen LogP contribution in [-0.2, 0) is 4.74 Å². The smallest absolute Gasteiger partial charge is 0.136 e. The van der Waals surface area contributed by atoms with Gasteiger partial charge in [-0.05, 0) is 6.92 Å². The standard InChI is InChI=1S/C6H11FO/c1-5-3-8-4-6(5,2)7/h5H,3-4H2,1-2H3. The van der Waals surface area contributed by atoms with Crippen molar-refractivity contribution >= 4 is 0 Å². The second-order valence-corrected chi connectivity index (χ2v) is 2.69. The van der Waals surface area contributed by atoms with Crippen LogP contribution >= 0.6 is 0 Å². The van der Waals surface area contributed by atoms with Crippen molar-refractivity contribution in [1.29, 1.82) is 0 Å². The molecule has 0 spiro atoms. The summed E-state index contributed by atoms with van der Waals surface area (Å²) < 4.78 is 17.8. The summed E-state index contributed by atoms with van der Waals surface area (Å²) in [5.74, 6) is 0.0718. The summed E-state index contributed by atoms with van der Waals surface area (Å²) in [5, 5.41) is 0. The average Bonchev–Trinajstić information content (AvgIpc) is 1.86. The van der Waals surface area contributed by atoms with E-state index < -0.39 is 5.67 Å². The average molecular weight is 118 g/mol. The zero-order valence-corrected chi connectivity index (χ0v) is 5.28. The molecule has 0 aliphatic carbocycles. The molecule has 0 amide bonds. The van der Waals surface area contributed by atoms with Gasteiger partial charge in [0.05, 0.1) is 13.2 Å². The molecule has 0 radical (unpaired) electrons. The van der Waals surface area contributed by atoms with Gasteiger partial charge in [0, 0.05) is 5.92 Å². The Bertz CT molecular complexity index is 90.5. The zero-order valence-electron chi connectivity index (χ0n) is 5.28. The van der Waals surface area contributed by atoms with Gasteiger partial charge in [0.2, 0.25) is 0 Å². The number of halogens is 1. The second-order valence-electron chi connectivity index (χ2n) is 2.69. The van der Waals surface area contributed by atoms with Crippen LogP contribution in [-0.4, -0.2) is 18.9 Å². The van der Waals surface area contributed by atoms with Gasteiger partial charge in [-0.2, -0.15) is 0 Å². The van der Waals surface area contributed by atoms with Crippen LogP contribution in [0.2, 0.25) is 0 Å². The van der Waals surface area contributed by atoms with E-state index >= 15 is 0 Å². The summed E-state index contributed by atoms with van der Waals surface area (Å²) in [7, 11) is 0. The molecule has 0 aromatic rings. The van der Waals surface area contributed by atoms with Crippen molar-refractivity contribution < 1.29 is 9.13 Å². The van der Waals surface area contributed by atoms with E-state index in [1.807, 2.05) is 6.92 Å². The molecule has 48 valence electrons. The van der Waals surface area contributed by atoms with E-state index in [0.29, 0.717) is 6.61 Å². The molecule has 1 rings (SSSR count). The van der Waals surface area contributed by atoms with Gasteiger partial charge >= 0.3 is 0 Å². The quantitative estimate of drug-likeness (QED) is 0.467. The molecule has 2 unspecified atom stereocenters. The highest BCUT2D eigenvalue weighted by molar-refractivity contribution is 4.83. The fourth-order valence-electron chi connectivity index (χ4n) is 0.751. The minimum atomic E-state index is -1.07. The minimum Gasteiger partial charge on any atom is -0.378 e. The first-order valence-electron chi connectivity index (χ1n) is 2.89. The van der Waals surface area contributed by atoms with Crippen LogP contribution in [0.3, 0.4) is 0 Å². The van der Waals surface area contributed by atoms with Crippen molar-refractivity contribution in [2.75, 3.05) is 13.2 Å². The highest BCUT2D eigenvalue weighted by Gasteiger charge is 2.36. The second kappa shape index (κ2) is 1.69. The molecular formula is C6H11FO. The molecule has 2 heteroatoms. The van der Waals surface area contributed by atoms with Gasteiger partial charge in [-0.3, -0.25) is 0 Å². The monoisotopic (exact) mass is 118 g/mol. The van der Waals surface area contributed by atoms with Crippen molar-refractivity contribution in [2.24, 2.45) is 5.92 Å². The summed E-state index contributed by atoms with van der Waals surface area (Å²) in [6.45, 7) is 4.30. The summed E-state index contributed by atoms with van der Waals surface area (Å²) in [4.78, 5) is 0. The van der Waals surface area contributed by atoms with Gasteiger partial charge in [-0.15, -0.1) is 0 Å². The van der Waals surface area contributed by atoms with Gasteiger partial charge in [0.25, 0.3) is 0 Å². The lowest BCUT2D eigenvalue weighted by Gasteiger charge is -2.14. The Morgan fingerprint density at radius 1 is 1.75 bits per heavy atom. The van der Waals surface area contributed by atoms with Crippen LogP contribution < -0.4 is 0 Å². The van der Waals surface area contributed by atoms with E-state index in [-0.39, 0.29) is 12.5 Å². The summed E-state index contributed by atoms with van der Waals surface area (Å²) in [6.07, 6.45) is 0. The van der Waals surface area contributed by atoms with Crippen LogP contribution in [0.25, 0.3) is 0 Å². The summed E-state index contributed by atoms with van der Waals surface area (Å²) in [5.41, 5.74) is -1.07. The normalized spacial score (nSPS) is 47.6. The van der Waals surface area contributed by atoms with Crippen molar-refractivity contribution in [3.63, 3.8) is 0 Å². The number of rotatable bonds is 0. The van der Waals surface area contributed by atoms with Crippen molar-refractivity contribution in [3.05, 3.63) is 0 Å². The van der Waals surface area contributed by atoms with Crippen molar-refractivity contribution in [3.8, 4) is 0 Å². The molecule has 0 aromatic heterocycles. The van der Waals surface area contributed by atoms with Gasteiger partial charge in [0.1, 0.15) is 5.67 Å². The summed E-state index contributed by atoms with van der Waals surface area (Å²) in [6, 6.07) is 0. The molecule has 8 heavy (non-hydrogen) atoms. The number of alkyl halides is 1. The number of ether oxygens (including phenoxy) is 1. The molecule has 0 aromatic carbocycles. The van der Waals surface area contributed by atoms with Crippen molar-refractivity contribution in [1.82, 2.24) is 0 Å². The van der Waals surface area contributed by atoms with E-state index in [4.69, 9.17) is 4.74 Å². The molecule has 0 bridgehead atoms. The topological polar surface area (TPSA) is 9.23 Å². The number of hydrogen-bond donors (Lipinski definition) is 0. The maximum Gasteiger partial charge on any atom is 0.136 e. The lowest BCUT2D eigenvalue weighted by molar-refractivity contribution is 0.118. The molecule has 0 N–H and O–H groups in total. The Kier molecular flexibility index (Phi) is 1.27. The highest BCUT2D eigenvalue weighted by atomic mass is 19.1. The first-order chi connectivity index (χ1) is 3.63. The molecule has 1 heterocycles. The van der Waals surface area contributed by atoms with Crippen LogP contribution in [0.4, 0.5) is 4.39 Å². The van der Waals surface area contributed by atoms with E-state index in [1.54, 1.807) is 6.92 Å². The van der Waals surface area contributed by atoms with Gasteiger partial charge < -0.3 is 4.74 Å². The first-order valence-corrected chi connectivity index (χ1v) is 2.89. The Labute approximate surface area is 48.8 Å². The van der Waals surface area contributed by atoms with E-state index in [1.165, 1.54) is 0 Å². The van der Waals surface area contributed by atoms with E-state index in [9.17, 15) is 4.39 Å². The van der Waals surface area contributed by atoms with Gasteiger partial charge in [-0.1, -0.05) is 6.92 Å². The third-order valence-electron chi connectivity index (χ3n) is 1.78. The lowest BCUT2D eigenvalue weighted by atomic mass is 9.97. The van der Waals surface area contributed by atoms with Crippen LogP contribution in [0.5, 0.6) is 0 Å². The Morgan fingerprint density at radius 2 is 2.38 bits per heavy atom. The zero-order chi connectivity index (χ0) is 6.20. The summed E-state index contributed by atoms with van der Waals surface area (Å²) >= 11 is 0. The molecular weight excluding hydrogens is 107 g/mol. The predicted octanol–water partition coefficient (Wildman–Crippen LogP) is 1.38. The molecule has 0 saturated carbocycles. The number of hydrogen-bond acceptors (Lipinski definition) is 1. The maximum absolute atomic E-state index is 12.9. The predicted molar refractivity (Wildman–Crippen MR) is 29.5 cm³/mol. The Hall–Kier alpha value is -0.110.